The van der Waals surface area contributed by atoms with Gasteiger partial charge in [-0.15, -0.1) is 0 Å². The van der Waals surface area contributed by atoms with Crippen LogP contribution < -0.4 is 10.2 Å². The summed E-state index contributed by atoms with van der Waals surface area (Å²) in [5.74, 6) is -1.36. The van der Waals surface area contributed by atoms with Crippen molar-refractivity contribution in [2.45, 2.75) is 0 Å². The molecule has 3 rings (SSSR count). The molecule has 0 saturated carbocycles. The van der Waals surface area contributed by atoms with Gasteiger partial charge in [0.05, 0.1) is 17.6 Å². The largest absolute Gasteiger partial charge is 0.497 e. The van der Waals surface area contributed by atoms with Crippen LogP contribution in [-0.4, -0.2) is 39.3 Å². The predicted molar refractivity (Wildman–Crippen MR) is 109 cm³/mol. The van der Waals surface area contributed by atoms with E-state index in [-0.39, 0.29) is 9.88 Å². The quantitative estimate of drug-likeness (QED) is 0.574. The standard InChI is InChI=1S/C19H14N2O5S2/c1-26-14-8-6-12(7-9-14)16(22)20-21-17(23)15(28-19(21)27)10-11-2-4-13(5-3-11)18(24)25/h2-10H,1H3,(H,20,22)(H,24,25). The number of carboxylic acids is 1. The van der Waals surface area contributed by atoms with Gasteiger partial charge < -0.3 is 9.84 Å². The van der Waals surface area contributed by atoms with Crippen LogP contribution in [0.15, 0.2) is 53.4 Å². The molecule has 0 unspecified atom stereocenters. The predicted octanol–water partition coefficient (Wildman–Crippen LogP) is 2.94. The van der Waals surface area contributed by atoms with E-state index in [1.807, 2.05) is 0 Å². The Bertz CT molecular complexity index is 984. The van der Waals surface area contributed by atoms with Crippen molar-refractivity contribution in [1.82, 2.24) is 10.4 Å². The average molecular weight is 414 g/mol. The summed E-state index contributed by atoms with van der Waals surface area (Å²) in [6.07, 6.45) is 1.59. The maximum absolute atomic E-state index is 12.6. The molecule has 2 aromatic carbocycles. The smallest absolute Gasteiger partial charge is 0.335 e. The number of methoxy groups -OCH3 is 1. The van der Waals surface area contributed by atoms with Crippen LogP contribution in [0.1, 0.15) is 26.3 Å². The molecule has 9 heteroatoms. The van der Waals surface area contributed by atoms with E-state index in [1.54, 1.807) is 42.5 Å². The summed E-state index contributed by atoms with van der Waals surface area (Å²) in [6.45, 7) is 0. The summed E-state index contributed by atoms with van der Waals surface area (Å²) in [4.78, 5) is 36.2. The van der Waals surface area contributed by atoms with Gasteiger partial charge in [0, 0.05) is 5.56 Å². The topological polar surface area (TPSA) is 95.9 Å². The summed E-state index contributed by atoms with van der Waals surface area (Å²) >= 11 is 6.24. The van der Waals surface area contributed by atoms with Crippen LogP contribution in [0.5, 0.6) is 5.75 Å². The normalized spacial score (nSPS) is 15.0. The molecule has 1 saturated heterocycles. The van der Waals surface area contributed by atoms with Crippen molar-refractivity contribution in [3.8, 4) is 5.75 Å². The Morgan fingerprint density at radius 2 is 1.71 bits per heavy atom. The van der Waals surface area contributed by atoms with E-state index in [4.69, 9.17) is 22.1 Å². The number of hydrogen-bond donors (Lipinski definition) is 2. The number of carbonyl (C=O) groups excluding carboxylic acids is 2. The zero-order chi connectivity index (χ0) is 20.3. The van der Waals surface area contributed by atoms with E-state index in [2.05, 4.69) is 5.43 Å². The third-order valence-electron chi connectivity index (χ3n) is 3.81. The Balaban J connectivity index is 1.73. The number of aromatic carboxylic acids is 1. The Kier molecular flexibility index (Phi) is 5.76. The molecule has 1 aliphatic rings. The summed E-state index contributed by atoms with van der Waals surface area (Å²) in [6, 6.07) is 12.5. The fraction of sp³-hybridized carbons (Fsp3) is 0.0526. The maximum Gasteiger partial charge on any atom is 0.335 e. The first-order chi connectivity index (χ1) is 13.4. The van der Waals surface area contributed by atoms with Crippen molar-refractivity contribution in [3.63, 3.8) is 0 Å². The number of thiocarbonyl (C=S) groups is 1. The number of hydrazine groups is 1. The Hall–Kier alpha value is -3.17. The molecular formula is C19H14N2O5S2. The first-order valence-electron chi connectivity index (χ1n) is 7.95. The number of rotatable bonds is 5. The van der Waals surface area contributed by atoms with Gasteiger partial charge in [0.15, 0.2) is 4.32 Å². The molecule has 0 bridgehead atoms. The van der Waals surface area contributed by atoms with Gasteiger partial charge in [0.1, 0.15) is 5.75 Å². The molecule has 2 amide bonds. The van der Waals surface area contributed by atoms with Crippen LogP contribution in [0.25, 0.3) is 6.08 Å². The molecular weight excluding hydrogens is 400 g/mol. The SMILES string of the molecule is COc1ccc(C(=O)NN2C(=O)C(=Cc3ccc(C(=O)O)cc3)SC2=S)cc1. The number of thioether (sulfide) groups is 1. The molecule has 2 N–H and O–H groups in total. The van der Waals surface area contributed by atoms with Gasteiger partial charge in [-0.25, -0.2) is 4.79 Å². The molecule has 28 heavy (non-hydrogen) atoms. The molecule has 0 atom stereocenters. The Morgan fingerprint density at radius 3 is 2.29 bits per heavy atom. The minimum atomic E-state index is -1.03. The van der Waals surface area contributed by atoms with Crippen molar-refractivity contribution >= 4 is 52.2 Å². The van der Waals surface area contributed by atoms with Crippen LogP contribution in [-0.2, 0) is 4.79 Å². The first-order valence-corrected chi connectivity index (χ1v) is 9.18. The van der Waals surface area contributed by atoms with E-state index < -0.39 is 17.8 Å². The van der Waals surface area contributed by atoms with Crippen molar-refractivity contribution in [2.75, 3.05) is 7.11 Å². The molecule has 1 heterocycles. The lowest BCUT2D eigenvalue weighted by atomic mass is 10.1. The molecule has 1 fully saturated rings. The Labute approximate surface area is 170 Å². The zero-order valence-electron chi connectivity index (χ0n) is 14.5. The number of benzene rings is 2. The van der Waals surface area contributed by atoms with Crippen LogP contribution >= 0.6 is 24.0 Å². The van der Waals surface area contributed by atoms with Gasteiger partial charge in [-0.1, -0.05) is 23.9 Å². The monoisotopic (exact) mass is 414 g/mol. The van der Waals surface area contributed by atoms with Crippen LogP contribution in [0, 0.1) is 0 Å². The second-order valence-corrected chi connectivity index (χ2v) is 7.29. The second kappa shape index (κ2) is 8.24. The summed E-state index contributed by atoms with van der Waals surface area (Å²) in [5, 5.41) is 9.95. The third kappa shape index (κ3) is 4.21. The number of ether oxygens (including phenoxy) is 1. The average Bonchev–Trinajstić information content (AvgIpc) is 2.95. The van der Waals surface area contributed by atoms with Crippen LogP contribution in [0.3, 0.4) is 0 Å². The Morgan fingerprint density at radius 1 is 1.11 bits per heavy atom. The van der Waals surface area contributed by atoms with Crippen molar-refractivity contribution in [3.05, 3.63) is 70.1 Å². The molecule has 0 radical (unpaired) electrons. The second-order valence-electron chi connectivity index (χ2n) is 5.61. The minimum absolute atomic E-state index is 0.149. The number of nitrogens with one attached hydrogen (secondary N) is 1. The lowest BCUT2D eigenvalue weighted by Gasteiger charge is -2.15. The molecule has 142 valence electrons. The van der Waals surface area contributed by atoms with Gasteiger partial charge in [-0.3, -0.25) is 15.0 Å². The van der Waals surface area contributed by atoms with Gasteiger partial charge in [-0.2, -0.15) is 5.01 Å². The van der Waals surface area contributed by atoms with E-state index >= 15 is 0 Å². The fourth-order valence-electron chi connectivity index (χ4n) is 2.35. The number of nitrogens with zero attached hydrogens (tertiary/aromatic N) is 1. The zero-order valence-corrected chi connectivity index (χ0v) is 16.2. The summed E-state index contributed by atoms with van der Waals surface area (Å²) in [7, 11) is 1.52. The number of amides is 2. The third-order valence-corrected chi connectivity index (χ3v) is 5.12. The summed E-state index contributed by atoms with van der Waals surface area (Å²) in [5.41, 5.74) is 3.64. The van der Waals surface area contributed by atoms with Gasteiger partial charge in [0.25, 0.3) is 11.8 Å². The molecule has 2 aromatic rings. The number of carbonyl (C=O) groups is 3. The number of carboxylic acid groups (broad SMARTS) is 1. The van der Waals surface area contributed by atoms with Gasteiger partial charge in [-0.05, 0) is 60.3 Å². The summed E-state index contributed by atoms with van der Waals surface area (Å²) < 4.78 is 5.24. The number of hydrogen-bond acceptors (Lipinski definition) is 6. The molecule has 1 aliphatic heterocycles. The molecule has 7 nitrogen and oxygen atoms in total. The molecule has 0 aromatic heterocycles. The van der Waals surface area contributed by atoms with Crippen molar-refractivity contribution < 1.29 is 24.2 Å². The fourth-order valence-corrected chi connectivity index (χ4v) is 3.53. The highest BCUT2D eigenvalue weighted by atomic mass is 32.2. The highest BCUT2D eigenvalue weighted by Gasteiger charge is 2.33. The highest BCUT2D eigenvalue weighted by molar-refractivity contribution is 8.26. The van der Waals surface area contributed by atoms with E-state index in [1.165, 1.54) is 19.2 Å². The van der Waals surface area contributed by atoms with E-state index in [0.717, 1.165) is 16.8 Å². The van der Waals surface area contributed by atoms with Crippen molar-refractivity contribution in [1.29, 1.82) is 0 Å². The van der Waals surface area contributed by atoms with Gasteiger partial charge >= 0.3 is 5.97 Å². The first kappa shape index (κ1) is 19.6. The van der Waals surface area contributed by atoms with Crippen LogP contribution in [0.2, 0.25) is 0 Å². The lowest BCUT2D eigenvalue weighted by Crippen LogP contribution is -2.44. The van der Waals surface area contributed by atoms with Crippen molar-refractivity contribution in [2.24, 2.45) is 0 Å². The molecule has 0 aliphatic carbocycles. The van der Waals surface area contributed by atoms with Gasteiger partial charge in [0.2, 0.25) is 0 Å². The lowest BCUT2D eigenvalue weighted by molar-refractivity contribution is -0.123. The molecule has 0 spiro atoms. The van der Waals surface area contributed by atoms with E-state index in [9.17, 15) is 14.4 Å². The minimum Gasteiger partial charge on any atom is -0.497 e. The maximum atomic E-state index is 12.6. The highest BCUT2D eigenvalue weighted by Crippen LogP contribution is 2.31. The van der Waals surface area contributed by atoms with Crippen LogP contribution in [0.4, 0.5) is 0 Å². The van der Waals surface area contributed by atoms with E-state index in [0.29, 0.717) is 21.8 Å².